The first-order valence-electron chi connectivity index (χ1n) is 8.01. The van der Waals surface area contributed by atoms with E-state index in [-0.39, 0.29) is 11.9 Å². The molecule has 2 aromatic heterocycles. The van der Waals surface area contributed by atoms with E-state index in [1.54, 1.807) is 12.5 Å². The van der Waals surface area contributed by atoms with Gasteiger partial charge in [-0.25, -0.2) is 9.97 Å². The van der Waals surface area contributed by atoms with Gasteiger partial charge in [0.2, 0.25) is 5.91 Å². The molecule has 0 bridgehead atoms. The Morgan fingerprint density at radius 2 is 1.78 bits per heavy atom. The van der Waals surface area contributed by atoms with E-state index in [1.165, 1.54) is 25.6 Å². The van der Waals surface area contributed by atoms with Crippen LogP contribution in [0, 0.1) is 0 Å². The topological polar surface area (TPSA) is 84.4 Å². The second-order valence-corrected chi connectivity index (χ2v) is 6.03. The van der Waals surface area contributed by atoms with Crippen LogP contribution in [-0.2, 0) is 17.9 Å². The third-order valence-electron chi connectivity index (χ3n) is 4.33. The lowest BCUT2D eigenvalue weighted by molar-refractivity contribution is -0.127. The zero-order valence-corrected chi connectivity index (χ0v) is 13.3. The normalized spacial score (nSPS) is 16.8. The van der Waals surface area contributed by atoms with Crippen LogP contribution in [0.15, 0.2) is 34.1 Å². The SMILES string of the molecule is C[C@@H](C(=O)NC1CCCC1)N(Cc1cocn1)Cc1cocn1. The Kier molecular flexibility index (Phi) is 5.07. The molecule has 7 nitrogen and oxygen atoms in total. The fraction of sp³-hybridized carbons (Fsp3) is 0.562. The number of carbonyl (C=O) groups is 1. The summed E-state index contributed by atoms with van der Waals surface area (Å²) in [5.74, 6) is 0.0453. The molecule has 23 heavy (non-hydrogen) atoms. The van der Waals surface area contributed by atoms with Crippen LogP contribution in [0.1, 0.15) is 44.0 Å². The first-order chi connectivity index (χ1) is 11.2. The summed E-state index contributed by atoms with van der Waals surface area (Å²) in [6.07, 6.45) is 10.5. The third kappa shape index (κ3) is 4.19. The second kappa shape index (κ2) is 7.41. The van der Waals surface area contributed by atoms with Gasteiger partial charge in [0.1, 0.15) is 12.5 Å². The number of aromatic nitrogens is 2. The predicted octanol–water partition coefficient (Wildman–Crippen LogP) is 2.11. The van der Waals surface area contributed by atoms with Gasteiger partial charge in [0, 0.05) is 19.1 Å². The van der Waals surface area contributed by atoms with Crippen molar-refractivity contribution in [3.05, 3.63) is 36.7 Å². The van der Waals surface area contributed by atoms with Crippen LogP contribution < -0.4 is 5.32 Å². The molecule has 1 aliphatic carbocycles. The maximum atomic E-state index is 12.6. The van der Waals surface area contributed by atoms with Crippen molar-refractivity contribution >= 4 is 5.91 Å². The van der Waals surface area contributed by atoms with E-state index in [2.05, 4.69) is 15.3 Å². The van der Waals surface area contributed by atoms with Gasteiger partial charge in [-0.15, -0.1) is 0 Å². The quantitative estimate of drug-likeness (QED) is 0.841. The van der Waals surface area contributed by atoms with E-state index in [0.29, 0.717) is 19.1 Å². The number of amides is 1. The minimum atomic E-state index is -0.288. The van der Waals surface area contributed by atoms with Gasteiger partial charge in [-0.1, -0.05) is 12.8 Å². The molecule has 7 heteroatoms. The molecule has 0 aromatic carbocycles. The maximum Gasteiger partial charge on any atom is 0.237 e. The third-order valence-corrected chi connectivity index (χ3v) is 4.33. The first-order valence-corrected chi connectivity index (χ1v) is 8.01. The number of hydrogen-bond acceptors (Lipinski definition) is 6. The van der Waals surface area contributed by atoms with E-state index in [4.69, 9.17) is 8.83 Å². The molecular weight excluding hydrogens is 296 g/mol. The molecule has 1 fully saturated rings. The molecule has 0 spiro atoms. The highest BCUT2D eigenvalue weighted by molar-refractivity contribution is 5.81. The second-order valence-electron chi connectivity index (χ2n) is 6.03. The Balaban J connectivity index is 1.66. The van der Waals surface area contributed by atoms with Gasteiger partial charge < -0.3 is 14.2 Å². The number of oxazole rings is 2. The van der Waals surface area contributed by atoms with Crippen LogP contribution in [0.5, 0.6) is 0 Å². The van der Waals surface area contributed by atoms with Crippen molar-refractivity contribution in [3.8, 4) is 0 Å². The van der Waals surface area contributed by atoms with Gasteiger partial charge in [-0.05, 0) is 19.8 Å². The van der Waals surface area contributed by atoms with Crippen molar-refractivity contribution in [1.29, 1.82) is 0 Å². The Morgan fingerprint density at radius 3 is 2.26 bits per heavy atom. The Morgan fingerprint density at radius 1 is 1.22 bits per heavy atom. The fourth-order valence-electron chi connectivity index (χ4n) is 2.93. The van der Waals surface area contributed by atoms with Crippen LogP contribution in [0.4, 0.5) is 0 Å². The highest BCUT2D eigenvalue weighted by Gasteiger charge is 2.26. The average Bonchev–Trinajstić information content (AvgIpc) is 3.29. The standard InChI is InChI=1S/C16H22N4O3/c1-12(16(21)19-13-4-2-3-5-13)20(6-14-8-22-10-17-14)7-15-9-23-11-18-15/h8-13H,2-7H2,1H3,(H,19,21)/t12-/m0/s1. The minimum Gasteiger partial charge on any atom is -0.451 e. The zero-order chi connectivity index (χ0) is 16.1. The molecule has 1 atom stereocenters. The molecule has 124 valence electrons. The molecule has 2 heterocycles. The van der Waals surface area contributed by atoms with Crippen LogP contribution in [0.3, 0.4) is 0 Å². The molecule has 0 unspecified atom stereocenters. The summed E-state index contributed by atoms with van der Waals surface area (Å²) < 4.78 is 10.1. The van der Waals surface area contributed by atoms with Crippen molar-refractivity contribution in [3.63, 3.8) is 0 Å². The van der Waals surface area contributed by atoms with Gasteiger partial charge in [0.15, 0.2) is 12.8 Å². The van der Waals surface area contributed by atoms with E-state index in [0.717, 1.165) is 24.2 Å². The number of nitrogens with one attached hydrogen (secondary N) is 1. The van der Waals surface area contributed by atoms with Crippen LogP contribution in [0.2, 0.25) is 0 Å². The molecule has 1 saturated carbocycles. The smallest absolute Gasteiger partial charge is 0.237 e. The molecule has 0 radical (unpaired) electrons. The summed E-state index contributed by atoms with van der Waals surface area (Å²) >= 11 is 0. The monoisotopic (exact) mass is 318 g/mol. The molecule has 1 N–H and O–H groups in total. The molecule has 1 amide bonds. The van der Waals surface area contributed by atoms with E-state index < -0.39 is 0 Å². The lowest BCUT2D eigenvalue weighted by Gasteiger charge is -2.27. The highest BCUT2D eigenvalue weighted by atomic mass is 16.3. The van der Waals surface area contributed by atoms with Gasteiger partial charge >= 0.3 is 0 Å². The number of rotatable bonds is 7. The fourth-order valence-corrected chi connectivity index (χ4v) is 2.93. The van der Waals surface area contributed by atoms with E-state index in [1.807, 2.05) is 11.8 Å². The van der Waals surface area contributed by atoms with Gasteiger partial charge in [-0.2, -0.15) is 0 Å². The van der Waals surface area contributed by atoms with Crippen LogP contribution in [-0.4, -0.2) is 32.9 Å². The van der Waals surface area contributed by atoms with Crippen molar-refractivity contribution in [2.24, 2.45) is 0 Å². The lowest BCUT2D eigenvalue weighted by atomic mass is 10.2. The summed E-state index contributed by atoms with van der Waals surface area (Å²) in [5, 5.41) is 3.15. The molecule has 0 aliphatic heterocycles. The molecule has 2 aromatic rings. The van der Waals surface area contributed by atoms with Gasteiger partial charge in [0.25, 0.3) is 0 Å². The Bertz CT molecular complexity index is 555. The summed E-state index contributed by atoms with van der Waals surface area (Å²) in [5.41, 5.74) is 1.57. The van der Waals surface area contributed by atoms with Crippen molar-refractivity contribution in [2.45, 2.75) is 57.8 Å². The highest BCUT2D eigenvalue weighted by Crippen LogP contribution is 2.18. The lowest BCUT2D eigenvalue weighted by Crippen LogP contribution is -2.47. The predicted molar refractivity (Wildman–Crippen MR) is 82.1 cm³/mol. The molecular formula is C16H22N4O3. The van der Waals surface area contributed by atoms with Crippen LogP contribution in [0.25, 0.3) is 0 Å². The summed E-state index contributed by atoms with van der Waals surface area (Å²) in [6, 6.07) is 0.0231. The number of nitrogens with zero attached hydrogens (tertiary/aromatic N) is 3. The van der Waals surface area contributed by atoms with E-state index in [9.17, 15) is 4.79 Å². The van der Waals surface area contributed by atoms with E-state index >= 15 is 0 Å². The largest absolute Gasteiger partial charge is 0.451 e. The maximum absolute atomic E-state index is 12.6. The Hall–Kier alpha value is -2.15. The molecule has 0 saturated heterocycles. The summed E-state index contributed by atoms with van der Waals surface area (Å²) in [6.45, 7) is 2.94. The van der Waals surface area contributed by atoms with Crippen molar-refractivity contribution in [1.82, 2.24) is 20.2 Å². The van der Waals surface area contributed by atoms with Gasteiger partial charge in [-0.3, -0.25) is 9.69 Å². The molecule has 1 aliphatic rings. The molecule has 3 rings (SSSR count). The average molecular weight is 318 g/mol. The first kappa shape index (κ1) is 15.7. The zero-order valence-electron chi connectivity index (χ0n) is 13.3. The summed E-state index contributed by atoms with van der Waals surface area (Å²) in [4.78, 5) is 22.9. The van der Waals surface area contributed by atoms with Crippen molar-refractivity contribution < 1.29 is 13.6 Å². The van der Waals surface area contributed by atoms with Gasteiger partial charge in [0.05, 0.1) is 17.4 Å². The summed E-state index contributed by atoms with van der Waals surface area (Å²) in [7, 11) is 0. The number of carbonyl (C=O) groups excluding carboxylic acids is 1. The Labute approximate surface area is 135 Å². The van der Waals surface area contributed by atoms with Crippen molar-refractivity contribution in [2.75, 3.05) is 0 Å². The number of hydrogen-bond donors (Lipinski definition) is 1. The minimum absolute atomic E-state index is 0.0453. The van der Waals surface area contributed by atoms with Crippen LogP contribution >= 0.6 is 0 Å².